The maximum absolute atomic E-state index is 11.1. The van der Waals surface area contributed by atoms with Crippen molar-refractivity contribution in [3.8, 4) is 0 Å². The van der Waals surface area contributed by atoms with E-state index in [-0.39, 0.29) is 6.10 Å². The first kappa shape index (κ1) is 11.3. The molecule has 0 unspecified atom stereocenters. The largest absolute Gasteiger partial charge is 0.370 e. The van der Waals surface area contributed by atoms with Crippen molar-refractivity contribution in [3.63, 3.8) is 0 Å². The fourth-order valence-electron chi connectivity index (χ4n) is 1.85. The molecule has 0 N–H and O–H groups in total. The van der Waals surface area contributed by atoms with Gasteiger partial charge in [-0.1, -0.05) is 0 Å². The predicted molar refractivity (Wildman–Crippen MR) is 57.8 cm³/mol. The Kier molecular flexibility index (Phi) is 3.33. The van der Waals surface area contributed by atoms with Crippen molar-refractivity contribution < 1.29 is 9.53 Å². The predicted octanol–water partition coefficient (Wildman–Crippen LogP) is 1.15. The van der Waals surface area contributed by atoms with Crippen molar-refractivity contribution in [2.45, 2.75) is 45.3 Å². The summed E-state index contributed by atoms with van der Waals surface area (Å²) in [6.07, 6.45) is 3.20. The summed E-state index contributed by atoms with van der Waals surface area (Å²) in [5.41, 5.74) is 0. The van der Waals surface area contributed by atoms with E-state index in [1.807, 2.05) is 18.5 Å². The summed E-state index contributed by atoms with van der Waals surface area (Å²) in [5, 5.41) is 8.01. The van der Waals surface area contributed by atoms with Gasteiger partial charge >= 0.3 is 0 Å². The Morgan fingerprint density at radius 3 is 2.62 bits per heavy atom. The summed E-state index contributed by atoms with van der Waals surface area (Å²) in [6.45, 7) is 2.39. The molecule has 0 amide bonds. The molecule has 1 aromatic heterocycles. The van der Waals surface area contributed by atoms with E-state index >= 15 is 0 Å². The number of hydrogen-bond acceptors (Lipinski definition) is 4. The second-order valence-electron chi connectivity index (χ2n) is 4.27. The molecular formula is C11H17N3O2. The quantitative estimate of drug-likeness (QED) is 0.771. The van der Waals surface area contributed by atoms with Crippen molar-refractivity contribution in [1.29, 1.82) is 0 Å². The van der Waals surface area contributed by atoms with Gasteiger partial charge in [0.05, 0.1) is 6.10 Å². The van der Waals surface area contributed by atoms with E-state index in [4.69, 9.17) is 4.74 Å². The smallest absolute Gasteiger partial charge is 0.158 e. The number of ether oxygens (including phenoxy) is 1. The van der Waals surface area contributed by atoms with Gasteiger partial charge < -0.3 is 9.30 Å². The van der Waals surface area contributed by atoms with Crippen LogP contribution >= 0.6 is 0 Å². The molecule has 0 saturated heterocycles. The zero-order valence-corrected chi connectivity index (χ0v) is 9.77. The van der Waals surface area contributed by atoms with Crippen LogP contribution in [0, 0.1) is 6.92 Å². The SMILES string of the molecule is Cc1nnc(COC2CCC(=O)CC2)n1C. The van der Waals surface area contributed by atoms with E-state index in [0.29, 0.717) is 25.2 Å². The molecule has 5 nitrogen and oxygen atoms in total. The number of nitrogens with zero attached hydrogens (tertiary/aromatic N) is 3. The molecule has 1 fully saturated rings. The molecule has 1 saturated carbocycles. The van der Waals surface area contributed by atoms with Crippen molar-refractivity contribution in [3.05, 3.63) is 11.6 Å². The minimum Gasteiger partial charge on any atom is -0.370 e. The second kappa shape index (κ2) is 4.74. The summed E-state index contributed by atoms with van der Waals surface area (Å²) < 4.78 is 7.66. The van der Waals surface area contributed by atoms with Crippen LogP contribution in [0.3, 0.4) is 0 Å². The second-order valence-corrected chi connectivity index (χ2v) is 4.27. The normalized spacial score (nSPS) is 18.0. The molecule has 0 aliphatic heterocycles. The Hall–Kier alpha value is -1.23. The highest BCUT2D eigenvalue weighted by atomic mass is 16.5. The summed E-state index contributed by atoms with van der Waals surface area (Å²) in [6, 6.07) is 0. The Labute approximate surface area is 94.8 Å². The fraction of sp³-hybridized carbons (Fsp3) is 0.727. The standard InChI is InChI=1S/C11H17N3O2/c1-8-12-13-11(14(8)2)7-16-10-5-3-9(15)4-6-10/h10H,3-7H2,1-2H3. The number of aromatic nitrogens is 3. The minimum atomic E-state index is 0.203. The minimum absolute atomic E-state index is 0.203. The molecule has 16 heavy (non-hydrogen) atoms. The van der Waals surface area contributed by atoms with Gasteiger partial charge in [0.25, 0.3) is 0 Å². The van der Waals surface area contributed by atoms with E-state index in [2.05, 4.69) is 10.2 Å². The lowest BCUT2D eigenvalue weighted by atomic mass is 9.96. The molecule has 1 aliphatic rings. The summed E-state index contributed by atoms with van der Waals surface area (Å²) in [7, 11) is 1.93. The lowest BCUT2D eigenvalue weighted by Crippen LogP contribution is -2.22. The van der Waals surface area contributed by atoms with Gasteiger partial charge in [-0.2, -0.15) is 0 Å². The number of Topliss-reactive ketones (excluding diaryl/α,β-unsaturated/α-hetero) is 1. The van der Waals surface area contributed by atoms with Crippen molar-refractivity contribution in [1.82, 2.24) is 14.8 Å². The van der Waals surface area contributed by atoms with Crippen LogP contribution in [0.5, 0.6) is 0 Å². The van der Waals surface area contributed by atoms with E-state index in [0.717, 1.165) is 24.5 Å². The van der Waals surface area contributed by atoms with E-state index in [1.165, 1.54) is 0 Å². The van der Waals surface area contributed by atoms with Gasteiger partial charge in [0, 0.05) is 19.9 Å². The first-order valence-corrected chi connectivity index (χ1v) is 5.65. The maximum atomic E-state index is 11.1. The van der Waals surface area contributed by atoms with Crippen LogP contribution in [-0.2, 0) is 23.2 Å². The molecule has 0 radical (unpaired) electrons. The molecular weight excluding hydrogens is 206 g/mol. The van der Waals surface area contributed by atoms with Gasteiger partial charge in [-0.3, -0.25) is 4.79 Å². The molecule has 5 heteroatoms. The molecule has 2 rings (SSSR count). The van der Waals surface area contributed by atoms with Crippen LogP contribution in [0.1, 0.15) is 37.3 Å². The van der Waals surface area contributed by atoms with E-state index in [9.17, 15) is 4.79 Å². The molecule has 1 heterocycles. The third-order valence-electron chi connectivity index (χ3n) is 3.12. The van der Waals surface area contributed by atoms with Crippen LogP contribution in [0.4, 0.5) is 0 Å². The Morgan fingerprint density at radius 1 is 1.38 bits per heavy atom. The van der Waals surface area contributed by atoms with E-state index in [1.54, 1.807) is 0 Å². The molecule has 0 aromatic carbocycles. The van der Waals surface area contributed by atoms with Crippen LogP contribution in [0.15, 0.2) is 0 Å². The fourth-order valence-corrected chi connectivity index (χ4v) is 1.85. The Morgan fingerprint density at radius 2 is 2.06 bits per heavy atom. The van der Waals surface area contributed by atoms with Crippen molar-refractivity contribution >= 4 is 5.78 Å². The maximum Gasteiger partial charge on any atom is 0.158 e. The van der Waals surface area contributed by atoms with Gasteiger partial charge in [-0.15, -0.1) is 10.2 Å². The lowest BCUT2D eigenvalue weighted by Gasteiger charge is -2.20. The van der Waals surface area contributed by atoms with Gasteiger partial charge in [0.1, 0.15) is 18.2 Å². The number of aryl methyl sites for hydroxylation is 1. The first-order valence-electron chi connectivity index (χ1n) is 5.65. The highest BCUT2D eigenvalue weighted by Crippen LogP contribution is 2.18. The average Bonchev–Trinajstić information content (AvgIpc) is 2.60. The number of carbonyl (C=O) groups is 1. The van der Waals surface area contributed by atoms with Crippen LogP contribution in [0.25, 0.3) is 0 Å². The topological polar surface area (TPSA) is 57.0 Å². The molecule has 0 bridgehead atoms. The number of hydrogen-bond donors (Lipinski definition) is 0. The lowest BCUT2D eigenvalue weighted by molar-refractivity contribution is -0.123. The Balaban J connectivity index is 1.83. The number of ketones is 1. The average molecular weight is 223 g/mol. The van der Waals surface area contributed by atoms with Gasteiger partial charge in [-0.25, -0.2) is 0 Å². The van der Waals surface area contributed by atoms with Crippen molar-refractivity contribution in [2.75, 3.05) is 0 Å². The van der Waals surface area contributed by atoms with Gasteiger partial charge in [0.2, 0.25) is 0 Å². The van der Waals surface area contributed by atoms with Gasteiger partial charge in [0.15, 0.2) is 5.82 Å². The number of rotatable bonds is 3. The molecule has 88 valence electrons. The number of carbonyl (C=O) groups excluding carboxylic acids is 1. The van der Waals surface area contributed by atoms with Crippen LogP contribution in [0.2, 0.25) is 0 Å². The molecule has 1 aromatic rings. The summed E-state index contributed by atoms with van der Waals surface area (Å²) in [4.78, 5) is 11.1. The third-order valence-corrected chi connectivity index (χ3v) is 3.12. The monoisotopic (exact) mass is 223 g/mol. The first-order chi connectivity index (χ1) is 7.66. The molecule has 0 atom stereocenters. The Bertz CT molecular complexity index is 377. The third kappa shape index (κ3) is 2.47. The van der Waals surface area contributed by atoms with E-state index < -0.39 is 0 Å². The van der Waals surface area contributed by atoms with Crippen LogP contribution < -0.4 is 0 Å². The zero-order valence-electron chi connectivity index (χ0n) is 9.77. The summed E-state index contributed by atoms with van der Waals surface area (Å²) >= 11 is 0. The van der Waals surface area contributed by atoms with Crippen LogP contribution in [-0.4, -0.2) is 26.7 Å². The van der Waals surface area contributed by atoms with Gasteiger partial charge in [-0.05, 0) is 19.8 Å². The molecule has 0 spiro atoms. The van der Waals surface area contributed by atoms with Crippen molar-refractivity contribution in [2.24, 2.45) is 7.05 Å². The zero-order chi connectivity index (χ0) is 11.5. The molecule has 1 aliphatic carbocycles. The highest BCUT2D eigenvalue weighted by Gasteiger charge is 2.19. The highest BCUT2D eigenvalue weighted by molar-refractivity contribution is 5.79. The summed E-state index contributed by atoms with van der Waals surface area (Å²) in [5.74, 6) is 2.08.